The van der Waals surface area contributed by atoms with E-state index in [2.05, 4.69) is 5.48 Å². The van der Waals surface area contributed by atoms with Gasteiger partial charge < -0.3 is 10.5 Å². The Bertz CT molecular complexity index is 275. The second kappa shape index (κ2) is 8.10. The maximum atomic E-state index is 5.38. The van der Waals surface area contributed by atoms with Gasteiger partial charge >= 0.3 is 0 Å². The number of hydrogen-bond acceptors (Lipinski definition) is 4. The van der Waals surface area contributed by atoms with E-state index in [-0.39, 0.29) is 0 Å². The Hall–Kier alpha value is -1.10. The van der Waals surface area contributed by atoms with Crippen molar-refractivity contribution in [2.75, 3.05) is 20.2 Å². The van der Waals surface area contributed by atoms with Gasteiger partial charge in [0.05, 0.1) is 13.7 Å². The maximum absolute atomic E-state index is 5.38. The number of hydroxylamine groups is 1. The molecule has 0 saturated heterocycles. The second-order valence-electron chi connectivity index (χ2n) is 3.53. The van der Waals surface area contributed by atoms with Gasteiger partial charge in [-0.1, -0.05) is 12.1 Å². The molecule has 3 N–H and O–H groups in total. The van der Waals surface area contributed by atoms with E-state index in [9.17, 15) is 0 Å². The Morgan fingerprint density at radius 1 is 1.19 bits per heavy atom. The van der Waals surface area contributed by atoms with Gasteiger partial charge in [0, 0.05) is 6.54 Å². The normalized spacial score (nSPS) is 10.4. The predicted octanol–water partition coefficient (Wildman–Crippen LogP) is 1.46. The van der Waals surface area contributed by atoms with Crippen LogP contribution in [-0.2, 0) is 11.4 Å². The minimum atomic E-state index is 0.562. The number of hydrogen-bond donors (Lipinski definition) is 2. The van der Waals surface area contributed by atoms with Crippen LogP contribution in [0.1, 0.15) is 18.4 Å². The van der Waals surface area contributed by atoms with Gasteiger partial charge in [0.2, 0.25) is 0 Å². The molecular weight excluding hydrogens is 204 g/mol. The van der Waals surface area contributed by atoms with Crippen molar-refractivity contribution in [2.24, 2.45) is 5.73 Å². The van der Waals surface area contributed by atoms with Crippen LogP contribution in [0.2, 0.25) is 0 Å². The topological polar surface area (TPSA) is 56.5 Å². The first kappa shape index (κ1) is 13.0. The number of rotatable bonds is 8. The van der Waals surface area contributed by atoms with Crippen molar-refractivity contribution in [1.82, 2.24) is 5.48 Å². The summed E-state index contributed by atoms with van der Waals surface area (Å²) in [5, 5.41) is 0. The molecule has 0 heterocycles. The van der Waals surface area contributed by atoms with Crippen LogP contribution < -0.4 is 16.0 Å². The van der Waals surface area contributed by atoms with Gasteiger partial charge in [-0.05, 0) is 37.1 Å². The Labute approximate surface area is 96.7 Å². The summed E-state index contributed by atoms with van der Waals surface area (Å²) in [5.74, 6) is 0.861. The Balaban J connectivity index is 2.12. The lowest BCUT2D eigenvalue weighted by molar-refractivity contribution is 0.0274. The first-order chi connectivity index (χ1) is 7.86. The quantitative estimate of drug-likeness (QED) is 0.518. The van der Waals surface area contributed by atoms with Crippen LogP contribution >= 0.6 is 0 Å². The van der Waals surface area contributed by atoms with Gasteiger partial charge in [-0.3, -0.25) is 4.84 Å². The Kier molecular flexibility index (Phi) is 6.56. The summed E-state index contributed by atoms with van der Waals surface area (Å²) in [4.78, 5) is 5.31. The number of methoxy groups -OCH3 is 1. The summed E-state index contributed by atoms with van der Waals surface area (Å²) in [6.45, 7) is 2.14. The first-order valence-electron chi connectivity index (χ1n) is 5.54. The summed E-state index contributed by atoms with van der Waals surface area (Å²) in [7, 11) is 1.66. The van der Waals surface area contributed by atoms with Crippen molar-refractivity contribution in [1.29, 1.82) is 0 Å². The van der Waals surface area contributed by atoms with E-state index < -0.39 is 0 Å². The van der Waals surface area contributed by atoms with Crippen LogP contribution in [0.4, 0.5) is 0 Å². The van der Waals surface area contributed by atoms with Gasteiger partial charge in [0.25, 0.3) is 0 Å². The van der Waals surface area contributed by atoms with Gasteiger partial charge in [-0.2, -0.15) is 0 Å². The highest BCUT2D eigenvalue weighted by Gasteiger charge is 1.94. The minimum absolute atomic E-state index is 0.562. The molecule has 0 aliphatic rings. The summed E-state index contributed by atoms with van der Waals surface area (Å²) in [6.07, 6.45) is 2.07. The minimum Gasteiger partial charge on any atom is -0.497 e. The number of nitrogens with one attached hydrogen (secondary N) is 1. The third kappa shape index (κ3) is 5.11. The molecule has 0 saturated carbocycles. The standard InChI is InChI=1S/C12H20N2O2/c1-15-12-6-4-11(5-7-12)10-16-14-9-3-2-8-13/h4-7,14H,2-3,8-10,13H2,1H3. The average molecular weight is 224 g/mol. The summed E-state index contributed by atoms with van der Waals surface area (Å²) < 4.78 is 5.07. The number of benzene rings is 1. The molecule has 1 aromatic rings. The summed E-state index contributed by atoms with van der Waals surface area (Å²) in [5.41, 5.74) is 9.41. The van der Waals surface area contributed by atoms with Gasteiger partial charge in [-0.15, -0.1) is 0 Å². The van der Waals surface area contributed by atoms with Crippen LogP contribution in [0.25, 0.3) is 0 Å². The molecule has 0 aromatic heterocycles. The molecule has 0 atom stereocenters. The molecule has 4 heteroatoms. The van der Waals surface area contributed by atoms with E-state index >= 15 is 0 Å². The number of nitrogens with two attached hydrogens (primary N) is 1. The van der Waals surface area contributed by atoms with Crippen molar-refractivity contribution in [3.05, 3.63) is 29.8 Å². The fraction of sp³-hybridized carbons (Fsp3) is 0.500. The first-order valence-corrected chi connectivity index (χ1v) is 5.54. The van der Waals surface area contributed by atoms with Crippen LogP contribution in [0, 0.1) is 0 Å². The lowest BCUT2D eigenvalue weighted by Gasteiger charge is -2.06. The molecular formula is C12H20N2O2. The molecule has 0 amide bonds. The van der Waals surface area contributed by atoms with Crippen molar-refractivity contribution in [3.8, 4) is 5.75 Å². The molecule has 0 bridgehead atoms. The molecule has 4 nitrogen and oxygen atoms in total. The molecule has 0 spiro atoms. The zero-order valence-electron chi connectivity index (χ0n) is 9.74. The van der Waals surface area contributed by atoms with Crippen molar-refractivity contribution >= 4 is 0 Å². The number of unbranched alkanes of at least 4 members (excludes halogenated alkanes) is 1. The van der Waals surface area contributed by atoms with Crippen molar-refractivity contribution < 1.29 is 9.57 Å². The Morgan fingerprint density at radius 3 is 2.56 bits per heavy atom. The molecule has 0 aliphatic carbocycles. The third-order valence-corrected chi connectivity index (χ3v) is 2.23. The smallest absolute Gasteiger partial charge is 0.118 e. The van der Waals surface area contributed by atoms with Gasteiger partial charge in [0.15, 0.2) is 0 Å². The number of ether oxygens (including phenoxy) is 1. The van der Waals surface area contributed by atoms with Gasteiger partial charge in [-0.25, -0.2) is 5.48 Å². The van der Waals surface area contributed by atoms with E-state index in [0.29, 0.717) is 6.61 Å². The van der Waals surface area contributed by atoms with Crippen LogP contribution in [0.5, 0.6) is 5.75 Å². The van der Waals surface area contributed by atoms with Crippen LogP contribution in [0.15, 0.2) is 24.3 Å². The molecule has 0 unspecified atom stereocenters. The molecule has 1 aromatic carbocycles. The van der Waals surface area contributed by atoms with E-state index in [0.717, 1.165) is 37.2 Å². The fourth-order valence-corrected chi connectivity index (χ4v) is 1.27. The molecule has 1 rings (SSSR count). The van der Waals surface area contributed by atoms with Crippen LogP contribution in [0.3, 0.4) is 0 Å². The lowest BCUT2D eigenvalue weighted by Crippen LogP contribution is -2.16. The van der Waals surface area contributed by atoms with Gasteiger partial charge in [0.1, 0.15) is 5.75 Å². The molecule has 0 fully saturated rings. The highest BCUT2D eigenvalue weighted by atomic mass is 16.6. The zero-order valence-corrected chi connectivity index (χ0v) is 9.74. The van der Waals surface area contributed by atoms with E-state index in [1.807, 2.05) is 24.3 Å². The fourth-order valence-electron chi connectivity index (χ4n) is 1.27. The third-order valence-electron chi connectivity index (χ3n) is 2.23. The van der Waals surface area contributed by atoms with E-state index in [4.69, 9.17) is 15.3 Å². The molecule has 90 valence electrons. The largest absolute Gasteiger partial charge is 0.497 e. The van der Waals surface area contributed by atoms with Crippen LogP contribution in [-0.4, -0.2) is 20.2 Å². The Morgan fingerprint density at radius 2 is 1.94 bits per heavy atom. The van der Waals surface area contributed by atoms with Crippen molar-refractivity contribution in [3.63, 3.8) is 0 Å². The molecule has 16 heavy (non-hydrogen) atoms. The molecule has 0 radical (unpaired) electrons. The van der Waals surface area contributed by atoms with E-state index in [1.54, 1.807) is 7.11 Å². The predicted molar refractivity (Wildman–Crippen MR) is 64.1 cm³/mol. The zero-order chi connectivity index (χ0) is 11.6. The average Bonchev–Trinajstić information content (AvgIpc) is 2.34. The summed E-state index contributed by atoms with van der Waals surface area (Å²) >= 11 is 0. The van der Waals surface area contributed by atoms with E-state index in [1.165, 1.54) is 0 Å². The maximum Gasteiger partial charge on any atom is 0.118 e. The SMILES string of the molecule is COc1ccc(CONCCCCN)cc1. The molecule has 0 aliphatic heterocycles. The highest BCUT2D eigenvalue weighted by molar-refractivity contribution is 5.26. The monoisotopic (exact) mass is 224 g/mol. The van der Waals surface area contributed by atoms with Crippen molar-refractivity contribution in [2.45, 2.75) is 19.4 Å². The second-order valence-corrected chi connectivity index (χ2v) is 3.53. The highest BCUT2D eigenvalue weighted by Crippen LogP contribution is 2.11. The summed E-state index contributed by atoms with van der Waals surface area (Å²) in [6, 6.07) is 7.82. The lowest BCUT2D eigenvalue weighted by atomic mass is 10.2.